The summed E-state index contributed by atoms with van der Waals surface area (Å²) in [5.41, 5.74) is 1.87. The summed E-state index contributed by atoms with van der Waals surface area (Å²) in [5.74, 6) is -0.0581. The van der Waals surface area contributed by atoms with E-state index in [9.17, 15) is 14.4 Å². The lowest BCUT2D eigenvalue weighted by Crippen LogP contribution is -2.55. The first kappa shape index (κ1) is 18.2. The molecule has 2 saturated heterocycles. The Morgan fingerprint density at radius 2 is 1.69 bits per heavy atom. The van der Waals surface area contributed by atoms with Crippen LogP contribution in [0.3, 0.4) is 0 Å². The zero-order valence-electron chi connectivity index (χ0n) is 15.3. The highest BCUT2D eigenvalue weighted by Gasteiger charge is 2.40. The minimum absolute atomic E-state index is 0.0163. The van der Waals surface area contributed by atoms with Crippen molar-refractivity contribution in [3.05, 3.63) is 29.8 Å². The highest BCUT2D eigenvalue weighted by molar-refractivity contribution is 6.03. The lowest BCUT2D eigenvalue weighted by molar-refractivity contribution is -0.134. The van der Waals surface area contributed by atoms with Crippen LogP contribution in [0.5, 0.6) is 0 Å². The quantitative estimate of drug-likeness (QED) is 0.825. The van der Waals surface area contributed by atoms with Crippen LogP contribution in [0.4, 0.5) is 10.5 Å². The molecule has 2 heterocycles. The van der Waals surface area contributed by atoms with Crippen molar-refractivity contribution in [2.75, 3.05) is 37.7 Å². The smallest absolute Gasteiger partial charge is 0.409 e. The molecule has 1 aromatic rings. The highest BCUT2D eigenvalue weighted by atomic mass is 16.6. The van der Waals surface area contributed by atoms with E-state index in [0.29, 0.717) is 45.6 Å². The van der Waals surface area contributed by atoms with E-state index in [1.807, 2.05) is 31.2 Å². The number of ether oxygens (including phenoxy) is 1. The molecule has 2 aliphatic heterocycles. The van der Waals surface area contributed by atoms with Crippen molar-refractivity contribution in [3.8, 4) is 0 Å². The number of piperazine rings is 1. The maximum atomic E-state index is 13.0. The molecule has 0 spiro atoms. The number of benzene rings is 1. The van der Waals surface area contributed by atoms with E-state index < -0.39 is 6.04 Å². The molecule has 3 amide bonds. The van der Waals surface area contributed by atoms with Crippen LogP contribution in [0.2, 0.25) is 0 Å². The molecule has 0 aliphatic carbocycles. The number of carbonyl (C=O) groups excluding carboxylic acids is 3. The summed E-state index contributed by atoms with van der Waals surface area (Å²) in [5, 5.41) is 0. The molecule has 1 unspecified atom stereocenters. The zero-order chi connectivity index (χ0) is 18.7. The first-order valence-corrected chi connectivity index (χ1v) is 9.10. The molecule has 7 heteroatoms. The zero-order valence-corrected chi connectivity index (χ0v) is 15.3. The van der Waals surface area contributed by atoms with Gasteiger partial charge < -0.3 is 14.5 Å². The number of hydrogen-bond donors (Lipinski definition) is 0. The van der Waals surface area contributed by atoms with Crippen molar-refractivity contribution in [2.45, 2.75) is 32.7 Å². The van der Waals surface area contributed by atoms with Gasteiger partial charge in [0.2, 0.25) is 11.8 Å². The van der Waals surface area contributed by atoms with Gasteiger partial charge in [-0.3, -0.25) is 14.5 Å². The van der Waals surface area contributed by atoms with E-state index in [2.05, 4.69) is 0 Å². The molecule has 0 aromatic heterocycles. The van der Waals surface area contributed by atoms with E-state index in [1.54, 1.807) is 21.6 Å². The van der Waals surface area contributed by atoms with Crippen molar-refractivity contribution < 1.29 is 19.1 Å². The Labute approximate surface area is 153 Å². The molecule has 1 atom stereocenters. The molecular weight excluding hydrogens is 334 g/mol. The fourth-order valence-electron chi connectivity index (χ4n) is 3.48. The predicted molar refractivity (Wildman–Crippen MR) is 96.9 cm³/mol. The fraction of sp³-hybridized carbons (Fsp3) is 0.526. The molecule has 3 rings (SSSR count). The molecule has 0 N–H and O–H groups in total. The van der Waals surface area contributed by atoms with Crippen molar-refractivity contribution in [2.24, 2.45) is 0 Å². The monoisotopic (exact) mass is 359 g/mol. The molecule has 0 saturated carbocycles. The molecule has 2 aliphatic rings. The maximum absolute atomic E-state index is 13.0. The number of aryl methyl sites for hydroxylation is 1. The van der Waals surface area contributed by atoms with Crippen molar-refractivity contribution in [3.63, 3.8) is 0 Å². The Morgan fingerprint density at radius 3 is 2.31 bits per heavy atom. The van der Waals surface area contributed by atoms with Gasteiger partial charge in [-0.1, -0.05) is 17.7 Å². The molecule has 140 valence electrons. The van der Waals surface area contributed by atoms with Gasteiger partial charge in [-0.05, 0) is 32.4 Å². The Morgan fingerprint density at radius 1 is 1.08 bits per heavy atom. The minimum Gasteiger partial charge on any atom is -0.450 e. The third-order valence-electron chi connectivity index (χ3n) is 4.93. The van der Waals surface area contributed by atoms with Gasteiger partial charge in [0.15, 0.2) is 0 Å². The second kappa shape index (κ2) is 7.76. The Hall–Kier alpha value is -2.57. The third-order valence-corrected chi connectivity index (χ3v) is 4.93. The van der Waals surface area contributed by atoms with Crippen molar-refractivity contribution in [1.82, 2.24) is 9.80 Å². The van der Waals surface area contributed by atoms with Crippen LogP contribution >= 0.6 is 0 Å². The summed E-state index contributed by atoms with van der Waals surface area (Å²) in [6, 6.07) is 7.20. The van der Waals surface area contributed by atoms with Gasteiger partial charge in [0.25, 0.3) is 0 Å². The van der Waals surface area contributed by atoms with Crippen LogP contribution in [0, 0.1) is 6.92 Å². The molecule has 1 aromatic carbocycles. The Kier molecular flexibility index (Phi) is 5.44. The first-order valence-electron chi connectivity index (χ1n) is 9.10. The SMILES string of the molecule is CCOC(=O)N1CCN(C(=O)C2CCC(=O)N2c2ccc(C)cc2)CC1. The topological polar surface area (TPSA) is 70.2 Å². The molecule has 2 fully saturated rings. The average Bonchev–Trinajstić information content (AvgIpc) is 3.03. The van der Waals surface area contributed by atoms with E-state index >= 15 is 0 Å². The second-order valence-corrected chi connectivity index (χ2v) is 6.67. The summed E-state index contributed by atoms with van der Waals surface area (Å²) in [6.45, 7) is 5.93. The van der Waals surface area contributed by atoms with Gasteiger partial charge in [-0.25, -0.2) is 4.79 Å². The van der Waals surface area contributed by atoms with Crippen LogP contribution < -0.4 is 4.90 Å². The van der Waals surface area contributed by atoms with Crippen molar-refractivity contribution >= 4 is 23.6 Å². The van der Waals surface area contributed by atoms with Crippen LogP contribution in [0.15, 0.2) is 24.3 Å². The first-order chi connectivity index (χ1) is 12.5. The average molecular weight is 359 g/mol. The van der Waals surface area contributed by atoms with Crippen LogP contribution in [-0.4, -0.2) is 66.5 Å². The van der Waals surface area contributed by atoms with E-state index in [-0.39, 0.29) is 17.9 Å². The summed E-state index contributed by atoms with van der Waals surface area (Å²) in [6.07, 6.45) is 0.577. The number of carbonyl (C=O) groups is 3. The van der Waals surface area contributed by atoms with Gasteiger partial charge in [0, 0.05) is 38.3 Å². The summed E-state index contributed by atoms with van der Waals surface area (Å²) in [4.78, 5) is 42.1. The molecule has 0 bridgehead atoms. The molecule has 0 radical (unpaired) electrons. The lowest BCUT2D eigenvalue weighted by Gasteiger charge is -2.36. The number of nitrogens with zero attached hydrogens (tertiary/aromatic N) is 3. The predicted octanol–water partition coefficient (Wildman–Crippen LogP) is 1.79. The number of rotatable bonds is 3. The van der Waals surface area contributed by atoms with E-state index in [4.69, 9.17) is 4.74 Å². The van der Waals surface area contributed by atoms with Gasteiger partial charge in [-0.15, -0.1) is 0 Å². The van der Waals surface area contributed by atoms with Crippen LogP contribution in [-0.2, 0) is 14.3 Å². The summed E-state index contributed by atoms with van der Waals surface area (Å²) >= 11 is 0. The van der Waals surface area contributed by atoms with Crippen LogP contribution in [0.1, 0.15) is 25.3 Å². The minimum atomic E-state index is -0.459. The largest absolute Gasteiger partial charge is 0.450 e. The highest BCUT2D eigenvalue weighted by Crippen LogP contribution is 2.28. The van der Waals surface area contributed by atoms with Gasteiger partial charge in [-0.2, -0.15) is 0 Å². The number of hydrogen-bond acceptors (Lipinski definition) is 4. The summed E-state index contributed by atoms with van der Waals surface area (Å²) < 4.78 is 5.01. The standard InChI is InChI=1S/C19H25N3O4/c1-3-26-19(25)21-12-10-20(11-13-21)18(24)16-8-9-17(23)22(16)15-6-4-14(2)5-7-15/h4-7,16H,3,8-13H2,1-2H3. The van der Waals surface area contributed by atoms with Crippen molar-refractivity contribution in [1.29, 1.82) is 0 Å². The van der Waals surface area contributed by atoms with E-state index in [0.717, 1.165) is 11.3 Å². The molecule has 26 heavy (non-hydrogen) atoms. The lowest BCUT2D eigenvalue weighted by atomic mass is 10.1. The maximum Gasteiger partial charge on any atom is 0.409 e. The van der Waals surface area contributed by atoms with Gasteiger partial charge >= 0.3 is 6.09 Å². The second-order valence-electron chi connectivity index (χ2n) is 6.67. The fourth-order valence-corrected chi connectivity index (χ4v) is 3.48. The molecular formula is C19H25N3O4. The Bertz CT molecular complexity index is 681. The summed E-state index contributed by atoms with van der Waals surface area (Å²) in [7, 11) is 0. The normalized spacial score (nSPS) is 20.5. The number of anilines is 1. The number of amides is 3. The Balaban J connectivity index is 1.66. The van der Waals surface area contributed by atoms with Gasteiger partial charge in [0.05, 0.1) is 6.61 Å². The van der Waals surface area contributed by atoms with Crippen LogP contribution in [0.25, 0.3) is 0 Å². The van der Waals surface area contributed by atoms with E-state index in [1.165, 1.54) is 0 Å². The van der Waals surface area contributed by atoms with Gasteiger partial charge in [0.1, 0.15) is 6.04 Å². The third kappa shape index (κ3) is 3.66. The molecule has 7 nitrogen and oxygen atoms in total.